The minimum absolute atomic E-state index is 0.0987. The molecule has 1 amide bonds. The van der Waals surface area contributed by atoms with Gasteiger partial charge in [0.25, 0.3) is 0 Å². The van der Waals surface area contributed by atoms with Crippen molar-refractivity contribution >= 4 is 5.91 Å². The van der Waals surface area contributed by atoms with E-state index in [1.807, 2.05) is 0 Å². The zero-order valence-electron chi connectivity index (χ0n) is 9.88. The molecule has 7 nitrogen and oxygen atoms in total. The van der Waals surface area contributed by atoms with Crippen LogP contribution in [0.5, 0.6) is 0 Å². The molecule has 0 fully saturated rings. The molecule has 5 N–H and O–H groups in total. The van der Waals surface area contributed by atoms with Gasteiger partial charge in [0.1, 0.15) is 18.0 Å². The highest BCUT2D eigenvalue weighted by Gasteiger charge is 2.26. The Hall–Kier alpha value is -1.15. The third-order valence-corrected chi connectivity index (χ3v) is 2.19. The van der Waals surface area contributed by atoms with E-state index in [2.05, 4.69) is 5.32 Å². The van der Waals surface area contributed by atoms with Gasteiger partial charge in [-0.2, -0.15) is 0 Å². The fraction of sp³-hybridized carbons (Fsp3) is 0.700. The Kier molecular flexibility index (Phi) is 7.47. The van der Waals surface area contributed by atoms with E-state index in [0.29, 0.717) is 0 Å². The number of amides is 1. The third-order valence-electron chi connectivity index (χ3n) is 2.19. The minimum Gasteiger partial charge on any atom is -0.469 e. The first kappa shape index (κ1) is 15.9. The van der Waals surface area contributed by atoms with Gasteiger partial charge in [-0.3, -0.25) is 4.79 Å². The molecule has 0 radical (unpaired) electrons. The molecule has 0 rings (SSSR count). The second-order valence-electron chi connectivity index (χ2n) is 3.24. The number of aliphatic hydroxyl groups excluding tert-OH is 4. The Morgan fingerprint density at radius 3 is 2.29 bits per heavy atom. The predicted octanol–water partition coefficient (Wildman–Crippen LogP) is -1.92. The Bertz CT molecular complexity index is 278. The molecule has 100 valence electrons. The smallest absolute Gasteiger partial charge is 0.250 e. The maximum absolute atomic E-state index is 11.5. The molecule has 7 heteroatoms. The van der Waals surface area contributed by atoms with Crippen molar-refractivity contribution in [1.82, 2.24) is 5.32 Å². The van der Waals surface area contributed by atoms with Crippen LogP contribution in [0.15, 0.2) is 11.3 Å². The number of ether oxygens (including phenoxy) is 1. The molecule has 0 aliphatic heterocycles. The summed E-state index contributed by atoms with van der Waals surface area (Å²) in [5.74, 6) is -0.726. The van der Waals surface area contributed by atoms with E-state index in [-0.39, 0.29) is 17.8 Å². The van der Waals surface area contributed by atoms with Crippen LogP contribution in [0.2, 0.25) is 0 Å². The molecule has 0 saturated carbocycles. The van der Waals surface area contributed by atoms with E-state index in [0.717, 1.165) is 0 Å². The lowest BCUT2D eigenvalue weighted by Gasteiger charge is -2.21. The van der Waals surface area contributed by atoms with E-state index in [1.165, 1.54) is 7.05 Å². The number of rotatable bonds is 7. The molecule has 0 spiro atoms. The fourth-order valence-electron chi connectivity index (χ4n) is 1.29. The second-order valence-corrected chi connectivity index (χ2v) is 3.24. The number of likely N-dealkylation sites (N-methyl/N-ethyl adjacent to an activating group) is 1. The van der Waals surface area contributed by atoms with Crippen molar-refractivity contribution in [3.63, 3.8) is 0 Å². The van der Waals surface area contributed by atoms with Gasteiger partial charge in [-0.15, -0.1) is 0 Å². The summed E-state index contributed by atoms with van der Waals surface area (Å²) >= 11 is 0. The third kappa shape index (κ3) is 4.31. The van der Waals surface area contributed by atoms with Gasteiger partial charge >= 0.3 is 0 Å². The Labute approximate surface area is 99.3 Å². The van der Waals surface area contributed by atoms with Crippen molar-refractivity contribution in [1.29, 1.82) is 0 Å². The Morgan fingerprint density at radius 2 is 1.94 bits per heavy atom. The van der Waals surface area contributed by atoms with Crippen LogP contribution in [0.25, 0.3) is 0 Å². The van der Waals surface area contributed by atoms with Gasteiger partial charge in [-0.05, 0) is 6.42 Å². The van der Waals surface area contributed by atoms with E-state index < -0.39 is 31.5 Å². The van der Waals surface area contributed by atoms with Crippen molar-refractivity contribution in [2.75, 3.05) is 20.4 Å². The molecule has 0 aromatic rings. The Morgan fingerprint density at radius 1 is 1.35 bits per heavy atom. The van der Waals surface area contributed by atoms with Crippen LogP contribution in [0, 0.1) is 0 Å². The van der Waals surface area contributed by atoms with Crippen LogP contribution in [0.3, 0.4) is 0 Å². The molecule has 0 aromatic carbocycles. The van der Waals surface area contributed by atoms with Crippen LogP contribution in [-0.2, 0) is 9.53 Å². The summed E-state index contributed by atoms with van der Waals surface area (Å²) in [5, 5.41) is 38.7. The topological polar surface area (TPSA) is 119 Å². The SMILES string of the molecule is CC/C(C(=O)NC)=C(\OCO)C(O)[C@@H](O)CO. The van der Waals surface area contributed by atoms with Crippen molar-refractivity contribution in [2.24, 2.45) is 0 Å². The Balaban J connectivity index is 5.27. The number of carbonyl (C=O) groups excluding carboxylic acids is 1. The molecule has 2 atom stereocenters. The van der Waals surface area contributed by atoms with Gasteiger partial charge in [0, 0.05) is 7.05 Å². The molecular formula is C10H19NO6. The van der Waals surface area contributed by atoms with Gasteiger partial charge in [0.2, 0.25) is 5.91 Å². The van der Waals surface area contributed by atoms with Crippen molar-refractivity contribution in [2.45, 2.75) is 25.6 Å². The fourth-order valence-corrected chi connectivity index (χ4v) is 1.29. The molecule has 0 aliphatic carbocycles. The van der Waals surface area contributed by atoms with Gasteiger partial charge < -0.3 is 30.5 Å². The summed E-state index contributed by atoms with van der Waals surface area (Å²) in [4.78, 5) is 11.5. The minimum atomic E-state index is -1.57. The molecular weight excluding hydrogens is 230 g/mol. The van der Waals surface area contributed by atoms with Crippen LogP contribution in [-0.4, -0.2) is 59.0 Å². The summed E-state index contributed by atoms with van der Waals surface area (Å²) in [6.07, 6.45) is -2.81. The molecule has 1 unspecified atom stereocenters. The zero-order chi connectivity index (χ0) is 13.4. The van der Waals surface area contributed by atoms with E-state index in [1.54, 1.807) is 6.92 Å². The first-order valence-electron chi connectivity index (χ1n) is 5.19. The van der Waals surface area contributed by atoms with Gasteiger partial charge in [0.15, 0.2) is 6.79 Å². The van der Waals surface area contributed by atoms with Gasteiger partial charge in [-0.25, -0.2) is 0 Å². The lowest BCUT2D eigenvalue weighted by atomic mass is 10.0. The van der Waals surface area contributed by atoms with Crippen LogP contribution in [0.1, 0.15) is 13.3 Å². The summed E-state index contributed by atoms with van der Waals surface area (Å²) in [6.45, 7) is 0.221. The highest BCUT2D eigenvalue weighted by Crippen LogP contribution is 2.17. The quantitative estimate of drug-likeness (QED) is 0.204. The molecule has 0 saturated heterocycles. The van der Waals surface area contributed by atoms with Crippen LogP contribution in [0.4, 0.5) is 0 Å². The lowest BCUT2D eigenvalue weighted by molar-refractivity contribution is -0.118. The maximum Gasteiger partial charge on any atom is 0.250 e. The summed E-state index contributed by atoms with van der Waals surface area (Å²) < 4.78 is 4.76. The van der Waals surface area contributed by atoms with E-state index in [4.69, 9.17) is 14.9 Å². The van der Waals surface area contributed by atoms with Crippen LogP contribution < -0.4 is 5.32 Å². The monoisotopic (exact) mass is 249 g/mol. The summed E-state index contributed by atoms with van der Waals surface area (Å²) in [5.41, 5.74) is 0.0987. The highest BCUT2D eigenvalue weighted by atomic mass is 16.6. The average Bonchev–Trinajstić information content (AvgIpc) is 2.36. The van der Waals surface area contributed by atoms with Crippen molar-refractivity contribution < 1.29 is 30.0 Å². The number of nitrogens with one attached hydrogen (secondary N) is 1. The first-order valence-corrected chi connectivity index (χ1v) is 5.19. The van der Waals surface area contributed by atoms with Crippen LogP contribution >= 0.6 is 0 Å². The van der Waals surface area contributed by atoms with Crippen molar-refractivity contribution in [3.05, 3.63) is 11.3 Å². The highest BCUT2D eigenvalue weighted by molar-refractivity contribution is 5.93. The number of aliphatic hydroxyl groups is 4. The molecule has 0 aliphatic rings. The second kappa shape index (κ2) is 8.02. The largest absolute Gasteiger partial charge is 0.469 e. The molecule has 0 heterocycles. The van der Waals surface area contributed by atoms with Gasteiger partial charge in [-0.1, -0.05) is 6.92 Å². The number of hydrogen-bond donors (Lipinski definition) is 5. The van der Waals surface area contributed by atoms with E-state index in [9.17, 15) is 15.0 Å². The number of carbonyl (C=O) groups is 1. The molecule has 0 bridgehead atoms. The predicted molar refractivity (Wildman–Crippen MR) is 58.7 cm³/mol. The first-order chi connectivity index (χ1) is 8.03. The maximum atomic E-state index is 11.5. The molecule has 0 aromatic heterocycles. The lowest BCUT2D eigenvalue weighted by Crippen LogP contribution is -2.35. The summed E-state index contributed by atoms with van der Waals surface area (Å²) in [6, 6.07) is 0. The summed E-state index contributed by atoms with van der Waals surface area (Å²) in [7, 11) is 1.41. The van der Waals surface area contributed by atoms with Crippen molar-refractivity contribution in [3.8, 4) is 0 Å². The normalized spacial score (nSPS) is 15.9. The zero-order valence-corrected chi connectivity index (χ0v) is 9.88. The number of hydrogen-bond acceptors (Lipinski definition) is 6. The van der Waals surface area contributed by atoms with E-state index >= 15 is 0 Å². The van der Waals surface area contributed by atoms with Gasteiger partial charge in [0.05, 0.1) is 12.2 Å². The average molecular weight is 249 g/mol. The molecule has 17 heavy (non-hydrogen) atoms. The standard InChI is InChI=1S/C10H19NO6/c1-3-6(10(16)11-2)9(17-5-13)8(15)7(14)4-12/h7-8,12-15H,3-5H2,1-2H3,(H,11,16)/b9-6+/t7-,8?/m0/s1.